The molecule has 6 nitrogen and oxygen atoms in total. The van der Waals surface area contributed by atoms with Gasteiger partial charge in [-0.3, -0.25) is 14.4 Å². The summed E-state index contributed by atoms with van der Waals surface area (Å²) >= 11 is 0. The van der Waals surface area contributed by atoms with Crippen molar-refractivity contribution in [1.29, 1.82) is 0 Å². The first-order valence-electron chi connectivity index (χ1n) is 6.33. The summed E-state index contributed by atoms with van der Waals surface area (Å²) in [6, 6.07) is 6.79. The molecule has 0 radical (unpaired) electrons. The molecule has 1 aromatic carbocycles. The maximum atomic E-state index is 11.7. The molecule has 0 unspecified atom stereocenters. The second kappa shape index (κ2) is 8.06. The number of carbonyl (C=O) groups excluding carboxylic acids is 2. The van der Waals surface area contributed by atoms with Gasteiger partial charge >= 0.3 is 5.97 Å². The average molecular weight is 278 g/mol. The number of carboxylic acids is 1. The van der Waals surface area contributed by atoms with Crippen molar-refractivity contribution in [2.45, 2.75) is 19.8 Å². The van der Waals surface area contributed by atoms with Gasteiger partial charge in [0, 0.05) is 12.0 Å². The van der Waals surface area contributed by atoms with Gasteiger partial charge in [-0.2, -0.15) is 0 Å². The van der Waals surface area contributed by atoms with E-state index >= 15 is 0 Å². The highest BCUT2D eigenvalue weighted by Crippen LogP contribution is 2.15. The normalized spacial score (nSPS) is 10.1. The molecule has 0 atom stereocenters. The highest BCUT2D eigenvalue weighted by atomic mass is 16.4. The number of rotatable bonds is 8. The van der Waals surface area contributed by atoms with Gasteiger partial charge in [-0.05, 0) is 32.0 Å². The summed E-state index contributed by atoms with van der Waals surface area (Å²) in [5.74, 6) is -1.24. The van der Waals surface area contributed by atoms with E-state index in [0.717, 1.165) is 0 Å². The standard InChI is InChI=1S/C14H18N2O4/c1-10(17)11-5-2-3-6-12(11)16-13(18)9-15-8-4-7-14(19)20/h2-3,5-6,15H,4,7-9H2,1H3,(H,16,18)(H,19,20). The van der Waals surface area contributed by atoms with E-state index in [2.05, 4.69) is 10.6 Å². The van der Waals surface area contributed by atoms with Crippen LogP contribution in [0.1, 0.15) is 30.1 Å². The molecular formula is C14H18N2O4. The van der Waals surface area contributed by atoms with Gasteiger partial charge in [-0.1, -0.05) is 12.1 Å². The Bertz CT molecular complexity index is 500. The fourth-order valence-electron chi connectivity index (χ4n) is 1.66. The van der Waals surface area contributed by atoms with Gasteiger partial charge < -0.3 is 15.7 Å². The predicted molar refractivity (Wildman–Crippen MR) is 74.8 cm³/mol. The number of amides is 1. The van der Waals surface area contributed by atoms with Crippen LogP contribution in [0.3, 0.4) is 0 Å². The monoisotopic (exact) mass is 278 g/mol. The van der Waals surface area contributed by atoms with Crippen molar-refractivity contribution in [2.24, 2.45) is 0 Å². The molecule has 0 saturated heterocycles. The predicted octanol–water partition coefficient (Wildman–Crippen LogP) is 1.28. The number of carboxylic acid groups (broad SMARTS) is 1. The first kappa shape index (κ1) is 15.8. The van der Waals surface area contributed by atoms with Gasteiger partial charge in [0.1, 0.15) is 0 Å². The Kier molecular flexibility index (Phi) is 6.39. The number of benzene rings is 1. The van der Waals surface area contributed by atoms with Crippen LogP contribution in [0.4, 0.5) is 5.69 Å². The average Bonchev–Trinajstić information content (AvgIpc) is 2.38. The zero-order chi connectivity index (χ0) is 15.0. The van der Waals surface area contributed by atoms with E-state index in [0.29, 0.717) is 24.2 Å². The summed E-state index contributed by atoms with van der Waals surface area (Å²) in [5.41, 5.74) is 0.948. The number of anilines is 1. The molecule has 0 fully saturated rings. The molecule has 0 heterocycles. The second-order valence-corrected chi connectivity index (χ2v) is 4.32. The molecule has 20 heavy (non-hydrogen) atoms. The highest BCUT2D eigenvalue weighted by Gasteiger charge is 2.09. The number of aliphatic carboxylic acids is 1. The molecule has 0 saturated carbocycles. The molecule has 6 heteroatoms. The van der Waals surface area contributed by atoms with Crippen molar-refractivity contribution in [3.63, 3.8) is 0 Å². The quantitative estimate of drug-likeness (QED) is 0.492. The Balaban J connectivity index is 2.39. The molecule has 0 spiro atoms. The van der Waals surface area contributed by atoms with Crippen molar-refractivity contribution in [1.82, 2.24) is 5.32 Å². The molecule has 0 aliphatic rings. The van der Waals surface area contributed by atoms with E-state index in [9.17, 15) is 14.4 Å². The molecular weight excluding hydrogens is 260 g/mol. The van der Waals surface area contributed by atoms with Gasteiger partial charge in [0.25, 0.3) is 0 Å². The number of hydrogen-bond donors (Lipinski definition) is 3. The number of carbonyl (C=O) groups is 3. The Morgan fingerprint density at radius 3 is 2.55 bits per heavy atom. The van der Waals surface area contributed by atoms with E-state index in [4.69, 9.17) is 5.11 Å². The molecule has 0 aliphatic carbocycles. The number of Topliss-reactive ketones (excluding diaryl/α,β-unsaturated/α-hetero) is 1. The van der Waals surface area contributed by atoms with Crippen LogP contribution in [0, 0.1) is 0 Å². The minimum absolute atomic E-state index is 0.0712. The Morgan fingerprint density at radius 1 is 1.20 bits per heavy atom. The molecule has 0 aliphatic heterocycles. The lowest BCUT2D eigenvalue weighted by Crippen LogP contribution is -2.29. The van der Waals surface area contributed by atoms with Crippen molar-refractivity contribution in [2.75, 3.05) is 18.4 Å². The van der Waals surface area contributed by atoms with E-state index in [1.165, 1.54) is 6.92 Å². The third-order valence-corrected chi connectivity index (χ3v) is 2.61. The van der Waals surface area contributed by atoms with Crippen molar-refractivity contribution < 1.29 is 19.5 Å². The van der Waals surface area contributed by atoms with E-state index in [1.807, 2.05) is 0 Å². The fraction of sp³-hybridized carbons (Fsp3) is 0.357. The lowest BCUT2D eigenvalue weighted by atomic mass is 10.1. The molecule has 108 valence electrons. The summed E-state index contributed by atoms with van der Waals surface area (Å²) in [6.07, 6.45) is 0.536. The van der Waals surface area contributed by atoms with Crippen LogP contribution >= 0.6 is 0 Å². The van der Waals surface area contributed by atoms with Crippen molar-refractivity contribution in [3.8, 4) is 0 Å². The maximum absolute atomic E-state index is 11.7. The smallest absolute Gasteiger partial charge is 0.303 e. The summed E-state index contributed by atoms with van der Waals surface area (Å²) in [6.45, 7) is 1.97. The summed E-state index contributed by atoms with van der Waals surface area (Å²) in [7, 11) is 0. The number of ketones is 1. The largest absolute Gasteiger partial charge is 0.481 e. The third-order valence-electron chi connectivity index (χ3n) is 2.61. The highest BCUT2D eigenvalue weighted by molar-refractivity contribution is 6.04. The summed E-state index contributed by atoms with van der Waals surface area (Å²) in [4.78, 5) is 33.4. The van der Waals surface area contributed by atoms with Gasteiger partial charge in [-0.15, -0.1) is 0 Å². The van der Waals surface area contributed by atoms with Crippen LogP contribution in [0.25, 0.3) is 0 Å². The van der Waals surface area contributed by atoms with E-state index in [1.54, 1.807) is 24.3 Å². The third kappa shape index (κ3) is 5.62. The maximum Gasteiger partial charge on any atom is 0.303 e. The topological polar surface area (TPSA) is 95.5 Å². The van der Waals surface area contributed by atoms with Gasteiger partial charge in [0.2, 0.25) is 5.91 Å². The second-order valence-electron chi connectivity index (χ2n) is 4.32. The molecule has 1 aromatic rings. The molecule has 0 bridgehead atoms. The zero-order valence-electron chi connectivity index (χ0n) is 11.3. The molecule has 1 amide bonds. The lowest BCUT2D eigenvalue weighted by molar-refractivity contribution is -0.137. The first-order chi connectivity index (χ1) is 9.50. The summed E-state index contributed by atoms with van der Waals surface area (Å²) in [5, 5.41) is 14.0. The van der Waals surface area contributed by atoms with Gasteiger partial charge in [0.15, 0.2) is 5.78 Å². The minimum atomic E-state index is -0.855. The minimum Gasteiger partial charge on any atom is -0.481 e. The Labute approximate surface area is 117 Å². The van der Waals surface area contributed by atoms with Crippen LogP contribution < -0.4 is 10.6 Å². The fourth-order valence-corrected chi connectivity index (χ4v) is 1.66. The number of hydrogen-bond acceptors (Lipinski definition) is 4. The van der Waals surface area contributed by atoms with Crippen LogP contribution in [0.15, 0.2) is 24.3 Å². The zero-order valence-corrected chi connectivity index (χ0v) is 11.3. The Hall–Kier alpha value is -2.21. The van der Waals surface area contributed by atoms with Crippen molar-refractivity contribution in [3.05, 3.63) is 29.8 Å². The van der Waals surface area contributed by atoms with Gasteiger partial charge in [-0.25, -0.2) is 0 Å². The molecule has 0 aromatic heterocycles. The Morgan fingerprint density at radius 2 is 1.90 bits per heavy atom. The van der Waals surface area contributed by atoms with E-state index in [-0.39, 0.29) is 24.7 Å². The number of para-hydroxylation sites is 1. The van der Waals surface area contributed by atoms with Crippen molar-refractivity contribution >= 4 is 23.3 Å². The van der Waals surface area contributed by atoms with Crippen LogP contribution in [0.2, 0.25) is 0 Å². The summed E-state index contributed by atoms with van der Waals surface area (Å²) < 4.78 is 0. The molecule has 1 rings (SSSR count). The SMILES string of the molecule is CC(=O)c1ccccc1NC(=O)CNCCCC(=O)O. The number of nitrogens with one attached hydrogen (secondary N) is 2. The lowest BCUT2D eigenvalue weighted by Gasteiger charge is -2.09. The van der Waals surface area contributed by atoms with Crippen LogP contribution in [0.5, 0.6) is 0 Å². The van der Waals surface area contributed by atoms with E-state index < -0.39 is 5.97 Å². The van der Waals surface area contributed by atoms with Crippen LogP contribution in [-0.2, 0) is 9.59 Å². The first-order valence-corrected chi connectivity index (χ1v) is 6.33. The van der Waals surface area contributed by atoms with Crippen LogP contribution in [-0.4, -0.2) is 35.9 Å². The van der Waals surface area contributed by atoms with Gasteiger partial charge in [0.05, 0.1) is 12.2 Å². The molecule has 3 N–H and O–H groups in total.